The molecule has 1 saturated heterocycles. The molecule has 0 saturated carbocycles. The molecule has 0 spiro atoms. The number of nitrogens with zero attached hydrogens (tertiary/aromatic N) is 9. The minimum Gasteiger partial charge on any atom is -0.494 e. The molecule has 1 aliphatic heterocycles. The Morgan fingerprint density at radius 1 is 0.826 bits per heavy atom. The molecular formula is C48H56N12O9. The number of ether oxygens (including phenoxy) is 3. The highest BCUT2D eigenvalue weighted by molar-refractivity contribution is 6.05. The Hall–Kier alpha value is -8.15. The third-order valence-electron chi connectivity index (χ3n) is 11.1. The van der Waals surface area contributed by atoms with Crippen LogP contribution in [0.15, 0.2) is 48.6 Å². The van der Waals surface area contributed by atoms with E-state index in [9.17, 15) is 29.1 Å². The van der Waals surface area contributed by atoms with Crippen LogP contribution in [0.4, 0.5) is 16.7 Å². The number of carbonyl (C=O) groups excluding carboxylic acids is 4. The molecule has 0 radical (unpaired) electrons. The summed E-state index contributed by atoms with van der Waals surface area (Å²) in [5, 5.41) is 24.5. The number of nitrogens with two attached hydrogens (primary N) is 1. The van der Waals surface area contributed by atoms with Gasteiger partial charge in [-0.3, -0.25) is 34.4 Å². The van der Waals surface area contributed by atoms with Crippen LogP contribution in [0.1, 0.15) is 101 Å². The van der Waals surface area contributed by atoms with Crippen molar-refractivity contribution in [3.63, 3.8) is 0 Å². The summed E-state index contributed by atoms with van der Waals surface area (Å²) < 4.78 is 24.1. The average Bonchev–Trinajstić information content (AvgIpc) is 4.07. The zero-order valence-electron chi connectivity index (χ0n) is 39.9. The van der Waals surface area contributed by atoms with Gasteiger partial charge in [0.15, 0.2) is 0 Å². The monoisotopic (exact) mass is 944 g/mol. The van der Waals surface area contributed by atoms with Gasteiger partial charge in [-0.25, -0.2) is 19.6 Å². The number of hydrogen-bond acceptors (Lipinski definition) is 12. The Morgan fingerprint density at radius 2 is 1.36 bits per heavy atom. The average molecular weight is 945 g/mol. The molecule has 21 heteroatoms. The predicted molar refractivity (Wildman–Crippen MR) is 256 cm³/mol. The Bertz CT molecular complexity index is 3070. The maximum atomic E-state index is 13.9. The van der Waals surface area contributed by atoms with E-state index in [1.807, 2.05) is 34.6 Å². The van der Waals surface area contributed by atoms with Crippen molar-refractivity contribution in [2.45, 2.75) is 93.1 Å². The number of fused-ring (bicyclic) bond motifs is 2. The first kappa shape index (κ1) is 48.8. The number of benzene rings is 2. The smallest absolute Gasteiger partial charge is 0.410 e. The number of methoxy groups -OCH3 is 1. The number of allylic oxidation sites excluding steroid dienone is 2. The number of amides is 4. The maximum absolute atomic E-state index is 13.9. The largest absolute Gasteiger partial charge is 0.494 e. The molecule has 4 amide bonds. The lowest BCUT2D eigenvalue weighted by Gasteiger charge is -2.32. The van der Waals surface area contributed by atoms with E-state index < -0.39 is 29.3 Å². The second kappa shape index (κ2) is 20.4. The van der Waals surface area contributed by atoms with E-state index in [0.717, 1.165) is 12.8 Å². The number of hydrogen-bond donors (Lipinski definition) is 4. The second-order valence-electron chi connectivity index (χ2n) is 17.4. The number of nitrogens with one attached hydrogen (secondary N) is 2. The highest BCUT2D eigenvalue weighted by Gasteiger charge is 2.28. The zero-order valence-corrected chi connectivity index (χ0v) is 39.9. The minimum atomic E-state index is -1.18. The quantitative estimate of drug-likeness (QED) is 0.0678. The number of imidazole rings is 2. The van der Waals surface area contributed by atoms with Gasteiger partial charge in [0.05, 0.1) is 35.1 Å². The van der Waals surface area contributed by atoms with Crippen LogP contribution < -0.4 is 25.8 Å². The standard InChI is InChI=1S/C48H56N12O9/c1-9-59-35(21-28(3)54-59)42(62)52-45-51-34-24-32(44(64)65)26-37(67-8)39(34)57(45)18-11-12-19-58-40-33(50-46(58)53-43(63)36-22-29(4)55-60(36)10-2)23-31(41(49)61)25-38(40)68-20-14-16-30-15-13-17-56(27-30)47(66)69-48(5,6)7/h11-12,21-26,30H,9-10,13,15,17-20,27H2,1-8H3,(H2,49,61)(H,64,65)(H,50,53,63)(H,51,52,62)/b12-11+. The van der Waals surface area contributed by atoms with Gasteiger partial charge < -0.3 is 39.1 Å². The molecule has 0 aliphatic carbocycles. The van der Waals surface area contributed by atoms with Crippen LogP contribution in [-0.4, -0.2) is 111 Å². The Balaban J connectivity index is 1.24. The molecule has 4 aromatic heterocycles. The fourth-order valence-electron chi connectivity index (χ4n) is 8.05. The molecule has 1 aliphatic rings. The van der Waals surface area contributed by atoms with E-state index in [4.69, 9.17) is 24.9 Å². The normalized spacial score (nSPS) is 13.9. The highest BCUT2D eigenvalue weighted by Crippen LogP contribution is 2.33. The van der Waals surface area contributed by atoms with Crippen LogP contribution in [0.3, 0.4) is 0 Å². The van der Waals surface area contributed by atoms with Crippen molar-refractivity contribution in [3.8, 4) is 23.3 Å². The molecule has 1 unspecified atom stereocenters. The van der Waals surface area contributed by atoms with Gasteiger partial charge in [0.2, 0.25) is 17.8 Å². The number of carboxylic acid groups (broad SMARTS) is 1. The van der Waals surface area contributed by atoms with Crippen LogP contribution in [0.2, 0.25) is 0 Å². The van der Waals surface area contributed by atoms with E-state index in [0.29, 0.717) is 65.5 Å². The molecule has 1 atom stereocenters. The molecule has 362 valence electrons. The summed E-state index contributed by atoms with van der Waals surface area (Å²) in [6.45, 7) is 14.7. The van der Waals surface area contributed by atoms with Gasteiger partial charge in [0.1, 0.15) is 46.1 Å². The van der Waals surface area contributed by atoms with Crippen LogP contribution in [0, 0.1) is 31.6 Å². The van der Waals surface area contributed by atoms with Gasteiger partial charge in [-0.05, 0) is 97.7 Å². The molecule has 6 aromatic rings. The molecule has 1 fully saturated rings. The van der Waals surface area contributed by atoms with Crippen molar-refractivity contribution in [1.29, 1.82) is 0 Å². The number of piperidine rings is 1. The van der Waals surface area contributed by atoms with Crippen LogP contribution in [0.25, 0.3) is 22.1 Å². The summed E-state index contributed by atoms with van der Waals surface area (Å²) in [6, 6.07) is 9.11. The Kier molecular flexibility index (Phi) is 14.4. The molecular weight excluding hydrogens is 889 g/mol. The lowest BCUT2D eigenvalue weighted by molar-refractivity contribution is 0.0189. The van der Waals surface area contributed by atoms with Crippen molar-refractivity contribution in [2.75, 3.05) is 37.4 Å². The summed E-state index contributed by atoms with van der Waals surface area (Å²) >= 11 is 0. The molecule has 69 heavy (non-hydrogen) atoms. The fraction of sp³-hybridized carbons (Fsp3) is 0.396. The van der Waals surface area contributed by atoms with Crippen molar-refractivity contribution in [1.82, 2.24) is 43.6 Å². The highest BCUT2D eigenvalue weighted by atomic mass is 16.6. The Labute approximate surface area is 397 Å². The van der Waals surface area contributed by atoms with Gasteiger partial charge in [0.25, 0.3) is 11.8 Å². The first-order chi connectivity index (χ1) is 32.9. The number of likely N-dealkylation sites (tertiary alicyclic amines) is 1. The zero-order chi connectivity index (χ0) is 49.7. The van der Waals surface area contributed by atoms with Crippen LogP contribution in [-0.2, 0) is 30.9 Å². The topological polar surface area (TPSA) is 258 Å². The van der Waals surface area contributed by atoms with Gasteiger partial charge in [0, 0.05) is 50.7 Å². The number of anilines is 2. The number of carboxylic acids is 1. The maximum Gasteiger partial charge on any atom is 0.410 e. The molecule has 2 aromatic carbocycles. The van der Waals surface area contributed by atoms with Crippen molar-refractivity contribution < 1.29 is 43.3 Å². The van der Waals surface area contributed by atoms with Crippen LogP contribution >= 0.6 is 0 Å². The lowest BCUT2D eigenvalue weighted by Crippen LogP contribution is -2.42. The number of aryl methyl sites for hydroxylation is 4. The fourth-order valence-corrected chi connectivity index (χ4v) is 8.05. The van der Waals surface area contributed by atoms with Crippen LogP contribution in [0.5, 0.6) is 11.5 Å². The summed E-state index contributed by atoms with van der Waals surface area (Å²) in [5.41, 5.74) is 8.54. The lowest BCUT2D eigenvalue weighted by atomic mass is 9.99. The molecule has 21 nitrogen and oxygen atoms in total. The summed E-state index contributed by atoms with van der Waals surface area (Å²) in [5.74, 6) is 4.00. The molecule has 5 N–H and O–H groups in total. The first-order valence-corrected chi connectivity index (χ1v) is 22.5. The van der Waals surface area contributed by atoms with E-state index >= 15 is 0 Å². The van der Waals surface area contributed by atoms with Crippen molar-refractivity contribution >= 4 is 63.7 Å². The number of carbonyl (C=O) groups is 5. The van der Waals surface area contributed by atoms with Crippen molar-refractivity contribution in [3.05, 3.63) is 82.5 Å². The number of aromatic nitrogens is 8. The van der Waals surface area contributed by atoms with Gasteiger partial charge in [-0.1, -0.05) is 24.0 Å². The number of rotatable bonds is 15. The second-order valence-corrected chi connectivity index (χ2v) is 17.4. The molecule has 0 bridgehead atoms. The predicted octanol–water partition coefficient (Wildman–Crippen LogP) is 6.03. The van der Waals surface area contributed by atoms with E-state index in [1.165, 1.54) is 31.4 Å². The third-order valence-corrected chi connectivity index (χ3v) is 11.1. The van der Waals surface area contributed by atoms with E-state index in [2.05, 4.69) is 37.7 Å². The first-order valence-electron chi connectivity index (χ1n) is 22.5. The summed E-state index contributed by atoms with van der Waals surface area (Å²) in [6.07, 6.45) is 4.76. The SMILES string of the molecule is CCn1nc(C)cc1C(=O)Nc1nc2cc(C(=O)O)cc(OC)c2n1C/C=C/Cn1c(NC(=O)c2cc(C)nn2CC)nc2cc(C(N)=O)cc(OCC#CC3CCCN(C(=O)OC(C)(C)C)C3)c21. The van der Waals surface area contributed by atoms with E-state index in [1.54, 1.807) is 61.5 Å². The number of primary amides is 1. The van der Waals surface area contributed by atoms with Gasteiger partial charge in [-0.15, -0.1) is 0 Å². The van der Waals surface area contributed by atoms with Gasteiger partial charge in [-0.2, -0.15) is 10.2 Å². The van der Waals surface area contributed by atoms with Gasteiger partial charge >= 0.3 is 12.1 Å². The Morgan fingerprint density at radius 3 is 1.87 bits per heavy atom. The van der Waals surface area contributed by atoms with Crippen molar-refractivity contribution in [2.24, 2.45) is 11.7 Å². The van der Waals surface area contributed by atoms with E-state index in [-0.39, 0.29) is 71.7 Å². The third kappa shape index (κ3) is 11.0. The molecule has 7 rings (SSSR count). The summed E-state index contributed by atoms with van der Waals surface area (Å²) in [7, 11) is 1.41. The molecule has 5 heterocycles. The minimum absolute atomic E-state index is 0.0573. The summed E-state index contributed by atoms with van der Waals surface area (Å²) in [4.78, 5) is 76.2. The number of aromatic carboxylic acids is 1.